The van der Waals surface area contributed by atoms with Crippen molar-refractivity contribution in [3.8, 4) is 11.5 Å². The fraction of sp³-hybridized carbons (Fsp3) is 0.267. The number of fused-ring (bicyclic) bond motifs is 2. The Kier molecular flexibility index (Phi) is 5.93. The Morgan fingerprint density at radius 1 is 0.971 bits per heavy atom. The van der Waals surface area contributed by atoms with Gasteiger partial charge in [0.25, 0.3) is 5.91 Å². The lowest BCUT2D eigenvalue weighted by atomic mass is 9.86. The molecule has 0 aliphatic carbocycles. The van der Waals surface area contributed by atoms with Crippen molar-refractivity contribution >= 4 is 22.5 Å². The van der Waals surface area contributed by atoms with Crippen molar-refractivity contribution in [1.82, 2.24) is 4.98 Å². The number of hydrogen-bond acceptors (Lipinski definition) is 4. The molecule has 0 saturated carbocycles. The van der Waals surface area contributed by atoms with E-state index in [1.165, 1.54) is 0 Å². The Bertz CT molecular complexity index is 1410. The van der Waals surface area contributed by atoms with Crippen LogP contribution in [0.4, 0.5) is 5.69 Å². The Morgan fingerprint density at radius 2 is 1.71 bits per heavy atom. The number of hydrogen-bond donors (Lipinski definition) is 1. The van der Waals surface area contributed by atoms with E-state index in [9.17, 15) is 4.79 Å². The van der Waals surface area contributed by atoms with Crippen LogP contribution >= 0.6 is 0 Å². The van der Waals surface area contributed by atoms with Gasteiger partial charge in [0.15, 0.2) is 5.60 Å². The van der Waals surface area contributed by atoms with Gasteiger partial charge in [-0.05, 0) is 75.1 Å². The topological polar surface area (TPSA) is 60.5 Å². The number of para-hydroxylation sites is 2. The number of aromatic nitrogens is 1. The van der Waals surface area contributed by atoms with Crippen LogP contribution in [0.15, 0.2) is 66.7 Å². The normalized spacial score (nSPS) is 16.9. The van der Waals surface area contributed by atoms with Gasteiger partial charge >= 0.3 is 0 Å². The molecule has 0 spiro atoms. The van der Waals surface area contributed by atoms with Crippen molar-refractivity contribution in [3.05, 3.63) is 94.7 Å². The quantitative estimate of drug-likeness (QED) is 0.367. The lowest BCUT2D eigenvalue weighted by Gasteiger charge is -2.37. The van der Waals surface area contributed by atoms with Crippen LogP contribution in [0.3, 0.4) is 0 Å². The molecule has 5 rings (SSSR count). The van der Waals surface area contributed by atoms with Crippen LogP contribution in [0.2, 0.25) is 0 Å². The number of rotatable bonds is 5. The first-order chi connectivity index (χ1) is 16.9. The van der Waals surface area contributed by atoms with E-state index in [2.05, 4.69) is 24.4 Å². The zero-order valence-electron chi connectivity index (χ0n) is 20.6. The van der Waals surface area contributed by atoms with Gasteiger partial charge in [-0.3, -0.25) is 4.79 Å². The third kappa shape index (κ3) is 4.34. The molecular formula is C30H30N2O3. The standard InChI is InChI=1S/C30H30N2O3/c1-19-20(2)28-25(16-17-30(4,35-28)29(33)32-23-11-6-5-7-12-23)21(3)27(19)34-18-24-15-14-22-10-8-9-13-26(22)31-24/h5-15H,16-18H2,1-4H3,(H,32,33). The summed E-state index contributed by atoms with van der Waals surface area (Å²) in [7, 11) is 0. The van der Waals surface area contributed by atoms with E-state index in [0.29, 0.717) is 13.0 Å². The predicted molar refractivity (Wildman–Crippen MR) is 139 cm³/mol. The molecule has 5 nitrogen and oxygen atoms in total. The molecule has 1 aromatic heterocycles. The first-order valence-corrected chi connectivity index (χ1v) is 12.0. The van der Waals surface area contributed by atoms with E-state index in [1.54, 1.807) is 0 Å². The van der Waals surface area contributed by atoms with Gasteiger partial charge in [0.05, 0.1) is 11.2 Å². The average Bonchev–Trinajstić information content (AvgIpc) is 2.88. The summed E-state index contributed by atoms with van der Waals surface area (Å²) in [5.74, 6) is 1.54. The first kappa shape index (κ1) is 22.9. The van der Waals surface area contributed by atoms with Crippen molar-refractivity contribution in [2.75, 3.05) is 5.32 Å². The number of ether oxygens (including phenoxy) is 2. The van der Waals surface area contributed by atoms with Crippen molar-refractivity contribution in [3.63, 3.8) is 0 Å². The van der Waals surface area contributed by atoms with Crippen molar-refractivity contribution in [1.29, 1.82) is 0 Å². The van der Waals surface area contributed by atoms with E-state index < -0.39 is 5.60 Å². The summed E-state index contributed by atoms with van der Waals surface area (Å²) in [6, 6.07) is 21.7. The number of nitrogens with one attached hydrogen (secondary N) is 1. The molecular weight excluding hydrogens is 436 g/mol. The number of benzene rings is 3. The molecule has 1 aliphatic rings. The number of anilines is 1. The molecule has 178 valence electrons. The van der Waals surface area contributed by atoms with Crippen LogP contribution < -0.4 is 14.8 Å². The zero-order valence-corrected chi connectivity index (χ0v) is 20.6. The molecule has 0 fully saturated rings. The first-order valence-electron chi connectivity index (χ1n) is 12.0. The number of carbonyl (C=O) groups is 1. The van der Waals surface area contributed by atoms with E-state index in [1.807, 2.05) is 75.4 Å². The number of carbonyl (C=O) groups excluding carboxylic acids is 1. The van der Waals surface area contributed by atoms with Gasteiger partial charge in [0.2, 0.25) is 0 Å². The van der Waals surface area contributed by atoms with Gasteiger partial charge in [-0.2, -0.15) is 0 Å². The smallest absolute Gasteiger partial charge is 0.268 e. The van der Waals surface area contributed by atoms with Crippen LogP contribution in [0.1, 0.15) is 41.3 Å². The fourth-order valence-electron chi connectivity index (χ4n) is 4.73. The summed E-state index contributed by atoms with van der Waals surface area (Å²) in [4.78, 5) is 17.9. The Hall–Kier alpha value is -3.86. The lowest BCUT2D eigenvalue weighted by molar-refractivity contribution is -0.131. The highest BCUT2D eigenvalue weighted by atomic mass is 16.5. The van der Waals surface area contributed by atoms with Gasteiger partial charge in [-0.1, -0.05) is 42.5 Å². The Balaban J connectivity index is 1.38. The molecule has 5 heteroatoms. The largest absolute Gasteiger partial charge is 0.487 e. The maximum absolute atomic E-state index is 13.1. The molecule has 3 aromatic carbocycles. The van der Waals surface area contributed by atoms with Crippen LogP contribution in [0, 0.1) is 20.8 Å². The summed E-state index contributed by atoms with van der Waals surface area (Å²) >= 11 is 0. The summed E-state index contributed by atoms with van der Waals surface area (Å²) < 4.78 is 12.8. The second-order valence-electron chi connectivity index (χ2n) is 9.45. The minimum Gasteiger partial charge on any atom is -0.487 e. The highest BCUT2D eigenvalue weighted by Crippen LogP contribution is 2.44. The minimum absolute atomic E-state index is 0.133. The SMILES string of the molecule is Cc1c(C)c2c(c(C)c1OCc1ccc3ccccc3n1)CCC(C)(C(=O)Nc1ccccc1)O2. The minimum atomic E-state index is -0.941. The highest BCUT2D eigenvalue weighted by Gasteiger charge is 2.41. The fourth-order valence-corrected chi connectivity index (χ4v) is 4.73. The maximum atomic E-state index is 13.1. The Morgan fingerprint density at radius 3 is 2.51 bits per heavy atom. The van der Waals surface area contributed by atoms with Crippen molar-refractivity contribution in [2.45, 2.75) is 52.7 Å². The molecule has 0 saturated heterocycles. The van der Waals surface area contributed by atoms with E-state index in [-0.39, 0.29) is 5.91 Å². The van der Waals surface area contributed by atoms with Gasteiger partial charge in [-0.25, -0.2) is 4.98 Å². The third-order valence-corrected chi connectivity index (χ3v) is 7.02. The summed E-state index contributed by atoms with van der Waals surface area (Å²) in [6.07, 6.45) is 1.33. The summed E-state index contributed by atoms with van der Waals surface area (Å²) in [5, 5.41) is 4.11. The van der Waals surface area contributed by atoms with Gasteiger partial charge in [0, 0.05) is 23.1 Å². The molecule has 0 radical (unpaired) electrons. The highest BCUT2D eigenvalue weighted by molar-refractivity contribution is 5.97. The monoisotopic (exact) mass is 466 g/mol. The Labute approximate surface area is 206 Å². The van der Waals surface area contributed by atoms with Crippen LogP contribution in [0.25, 0.3) is 10.9 Å². The third-order valence-electron chi connectivity index (χ3n) is 7.02. The van der Waals surface area contributed by atoms with E-state index >= 15 is 0 Å². The summed E-state index contributed by atoms with van der Waals surface area (Å²) in [5.41, 5.74) is 5.88. The van der Waals surface area contributed by atoms with Gasteiger partial charge in [0.1, 0.15) is 18.1 Å². The number of amides is 1. The molecule has 1 amide bonds. The van der Waals surface area contributed by atoms with Gasteiger partial charge in [-0.15, -0.1) is 0 Å². The lowest BCUT2D eigenvalue weighted by Crippen LogP contribution is -2.48. The second kappa shape index (κ2) is 9.06. The molecule has 1 aliphatic heterocycles. The van der Waals surface area contributed by atoms with Crippen LogP contribution in [-0.4, -0.2) is 16.5 Å². The predicted octanol–water partition coefficient (Wildman–Crippen LogP) is 6.46. The molecule has 1 N–H and O–H groups in total. The van der Waals surface area contributed by atoms with E-state index in [0.717, 1.165) is 62.5 Å². The average molecular weight is 467 g/mol. The molecule has 2 heterocycles. The van der Waals surface area contributed by atoms with Crippen molar-refractivity contribution in [2.24, 2.45) is 0 Å². The van der Waals surface area contributed by atoms with Crippen molar-refractivity contribution < 1.29 is 14.3 Å². The number of nitrogens with zero attached hydrogens (tertiary/aromatic N) is 1. The summed E-state index contributed by atoms with van der Waals surface area (Å²) in [6.45, 7) is 8.42. The molecule has 1 atom stereocenters. The zero-order chi connectivity index (χ0) is 24.6. The molecule has 35 heavy (non-hydrogen) atoms. The molecule has 4 aromatic rings. The molecule has 1 unspecified atom stereocenters. The maximum Gasteiger partial charge on any atom is 0.268 e. The molecule has 0 bridgehead atoms. The second-order valence-corrected chi connectivity index (χ2v) is 9.45. The van der Waals surface area contributed by atoms with Crippen LogP contribution in [-0.2, 0) is 17.8 Å². The van der Waals surface area contributed by atoms with Gasteiger partial charge < -0.3 is 14.8 Å². The number of pyridine rings is 1. The van der Waals surface area contributed by atoms with E-state index in [4.69, 9.17) is 14.5 Å². The van der Waals surface area contributed by atoms with Crippen LogP contribution in [0.5, 0.6) is 11.5 Å².